The van der Waals surface area contributed by atoms with E-state index in [1.807, 2.05) is 0 Å². The van der Waals surface area contributed by atoms with Crippen molar-refractivity contribution in [1.82, 2.24) is 0 Å². The summed E-state index contributed by atoms with van der Waals surface area (Å²) in [7, 11) is 0. The van der Waals surface area contributed by atoms with Gasteiger partial charge in [-0.25, -0.2) is 0 Å². The summed E-state index contributed by atoms with van der Waals surface area (Å²) in [5.74, 6) is 2.17. The molecule has 0 aromatic heterocycles. The summed E-state index contributed by atoms with van der Waals surface area (Å²) in [4.78, 5) is 12.8. The fourth-order valence-corrected chi connectivity index (χ4v) is 4.64. The van der Waals surface area contributed by atoms with Gasteiger partial charge in [-0.2, -0.15) is 0 Å². The first-order chi connectivity index (χ1) is 8.30. The topological polar surface area (TPSA) is 17.1 Å². The lowest BCUT2D eigenvalue weighted by Gasteiger charge is -2.45. The lowest BCUT2D eigenvalue weighted by Crippen LogP contribution is -2.42. The molecule has 3 saturated carbocycles. The van der Waals surface area contributed by atoms with E-state index in [-0.39, 0.29) is 10.8 Å². The molecule has 0 N–H and O–H groups in total. The van der Waals surface area contributed by atoms with Gasteiger partial charge in [-0.15, -0.1) is 0 Å². The van der Waals surface area contributed by atoms with Crippen LogP contribution in [0, 0.1) is 28.1 Å². The molecule has 3 rings (SSSR count). The molecule has 0 saturated heterocycles. The van der Waals surface area contributed by atoms with E-state index in [1.165, 1.54) is 38.5 Å². The van der Waals surface area contributed by atoms with Crippen molar-refractivity contribution in [3.05, 3.63) is 0 Å². The first kappa shape index (κ1) is 12.7. The molecule has 0 heterocycles. The van der Waals surface area contributed by atoms with Gasteiger partial charge in [0.2, 0.25) is 0 Å². The summed E-state index contributed by atoms with van der Waals surface area (Å²) in [6, 6.07) is 0. The van der Waals surface area contributed by atoms with E-state index >= 15 is 0 Å². The smallest absolute Gasteiger partial charge is 0.139 e. The van der Waals surface area contributed by atoms with Gasteiger partial charge in [-0.1, -0.05) is 40.5 Å². The third-order valence-electron chi connectivity index (χ3n) is 6.48. The Hall–Kier alpha value is -0.330. The zero-order valence-corrected chi connectivity index (χ0v) is 12.5. The van der Waals surface area contributed by atoms with Gasteiger partial charge >= 0.3 is 0 Å². The first-order valence-electron chi connectivity index (χ1n) is 7.83. The minimum absolute atomic E-state index is 0.0592. The fourth-order valence-electron chi connectivity index (χ4n) is 4.64. The zero-order valence-electron chi connectivity index (χ0n) is 12.5. The van der Waals surface area contributed by atoms with Crippen molar-refractivity contribution in [2.75, 3.05) is 0 Å². The molecule has 0 aliphatic heterocycles. The molecule has 3 fully saturated rings. The molecule has 18 heavy (non-hydrogen) atoms. The molecule has 0 aromatic rings. The zero-order chi connectivity index (χ0) is 13.2. The van der Waals surface area contributed by atoms with Crippen molar-refractivity contribution in [2.24, 2.45) is 28.1 Å². The molecular weight excluding hydrogens is 220 g/mol. The van der Waals surface area contributed by atoms with Crippen LogP contribution in [0.1, 0.15) is 72.6 Å². The number of carbonyl (C=O) groups is 1. The van der Waals surface area contributed by atoms with Crippen molar-refractivity contribution >= 4 is 5.78 Å². The van der Waals surface area contributed by atoms with Gasteiger partial charge in [0.25, 0.3) is 0 Å². The summed E-state index contributed by atoms with van der Waals surface area (Å²) in [6.45, 7) is 9.44. The summed E-state index contributed by atoms with van der Waals surface area (Å²) in [5.41, 5.74) is 0.697. The standard InChI is InChI=1S/C17H28O/c1-15(2)9-10-16(3,4)17(11-13(15)17)14(18)8-7-12-5-6-12/h12-13H,5-11H2,1-4H3. The first-order valence-corrected chi connectivity index (χ1v) is 7.83. The summed E-state index contributed by atoms with van der Waals surface area (Å²) >= 11 is 0. The van der Waals surface area contributed by atoms with Crippen LogP contribution in [-0.4, -0.2) is 5.78 Å². The van der Waals surface area contributed by atoms with E-state index in [0.29, 0.717) is 17.1 Å². The molecule has 2 atom stereocenters. The van der Waals surface area contributed by atoms with E-state index in [2.05, 4.69) is 27.7 Å². The van der Waals surface area contributed by atoms with E-state index in [0.717, 1.165) is 12.3 Å². The van der Waals surface area contributed by atoms with Gasteiger partial charge < -0.3 is 0 Å². The second-order valence-electron chi connectivity index (χ2n) is 8.51. The minimum atomic E-state index is 0.0592. The second-order valence-corrected chi connectivity index (χ2v) is 8.51. The van der Waals surface area contributed by atoms with Crippen molar-refractivity contribution in [1.29, 1.82) is 0 Å². The summed E-state index contributed by atoms with van der Waals surface area (Å²) in [6.07, 6.45) is 8.48. The number of Topliss-reactive ketones (excluding diaryl/α,β-unsaturated/α-hetero) is 1. The lowest BCUT2D eigenvalue weighted by atomic mass is 9.58. The van der Waals surface area contributed by atoms with Crippen LogP contribution in [0.3, 0.4) is 0 Å². The molecule has 0 bridgehead atoms. The third-order valence-corrected chi connectivity index (χ3v) is 6.48. The number of ketones is 1. The average molecular weight is 248 g/mol. The molecule has 3 aliphatic carbocycles. The van der Waals surface area contributed by atoms with Crippen LogP contribution in [0.2, 0.25) is 0 Å². The number of hydrogen-bond donors (Lipinski definition) is 0. The Morgan fingerprint density at radius 3 is 2.39 bits per heavy atom. The quantitative estimate of drug-likeness (QED) is 0.710. The molecule has 0 aromatic carbocycles. The van der Waals surface area contributed by atoms with Crippen LogP contribution in [0.25, 0.3) is 0 Å². The Kier molecular flexibility index (Phi) is 2.55. The second kappa shape index (κ2) is 3.61. The molecule has 0 spiro atoms. The number of fused-ring (bicyclic) bond motifs is 1. The molecule has 102 valence electrons. The van der Waals surface area contributed by atoms with Crippen LogP contribution in [0.4, 0.5) is 0 Å². The summed E-state index contributed by atoms with van der Waals surface area (Å²) in [5, 5.41) is 0. The van der Waals surface area contributed by atoms with Crippen LogP contribution in [0.15, 0.2) is 0 Å². The summed E-state index contributed by atoms with van der Waals surface area (Å²) < 4.78 is 0. The average Bonchev–Trinajstić information content (AvgIpc) is 3.12. The maximum Gasteiger partial charge on any atom is 0.139 e. The maximum atomic E-state index is 12.8. The number of carbonyl (C=O) groups excluding carboxylic acids is 1. The van der Waals surface area contributed by atoms with Gasteiger partial charge in [-0.3, -0.25) is 4.79 Å². The number of hydrogen-bond acceptors (Lipinski definition) is 1. The van der Waals surface area contributed by atoms with E-state index in [1.54, 1.807) is 0 Å². The van der Waals surface area contributed by atoms with Gasteiger partial charge in [0, 0.05) is 11.8 Å². The van der Waals surface area contributed by atoms with Crippen LogP contribution in [-0.2, 0) is 4.79 Å². The highest BCUT2D eigenvalue weighted by Crippen LogP contribution is 2.75. The lowest BCUT2D eigenvalue weighted by molar-refractivity contribution is -0.133. The van der Waals surface area contributed by atoms with Crippen molar-refractivity contribution in [3.8, 4) is 0 Å². The molecular formula is C17H28O. The Balaban J connectivity index is 1.77. The highest BCUT2D eigenvalue weighted by molar-refractivity contribution is 5.89. The Morgan fingerprint density at radius 1 is 1.11 bits per heavy atom. The minimum Gasteiger partial charge on any atom is -0.299 e. The fraction of sp³-hybridized carbons (Fsp3) is 0.941. The van der Waals surface area contributed by atoms with E-state index in [4.69, 9.17) is 0 Å². The molecule has 3 aliphatic rings. The predicted molar refractivity (Wildman–Crippen MR) is 74.3 cm³/mol. The van der Waals surface area contributed by atoms with Crippen molar-refractivity contribution < 1.29 is 4.79 Å². The van der Waals surface area contributed by atoms with E-state index in [9.17, 15) is 4.79 Å². The molecule has 1 nitrogen and oxygen atoms in total. The van der Waals surface area contributed by atoms with Crippen molar-refractivity contribution in [3.63, 3.8) is 0 Å². The Morgan fingerprint density at radius 2 is 1.78 bits per heavy atom. The monoisotopic (exact) mass is 248 g/mol. The van der Waals surface area contributed by atoms with Gasteiger partial charge in [0.1, 0.15) is 5.78 Å². The maximum absolute atomic E-state index is 12.8. The Labute approximate surface area is 112 Å². The van der Waals surface area contributed by atoms with Crippen LogP contribution >= 0.6 is 0 Å². The van der Waals surface area contributed by atoms with Crippen molar-refractivity contribution in [2.45, 2.75) is 72.6 Å². The van der Waals surface area contributed by atoms with Gasteiger partial charge in [-0.05, 0) is 48.3 Å². The van der Waals surface area contributed by atoms with E-state index < -0.39 is 0 Å². The molecule has 1 heteroatoms. The van der Waals surface area contributed by atoms with Crippen LogP contribution < -0.4 is 0 Å². The SMILES string of the molecule is CC1(C)CCC(C)(C)C2(C(=O)CCC3CC3)CC12. The Bertz CT molecular complexity index is 375. The highest BCUT2D eigenvalue weighted by Gasteiger charge is 2.72. The molecule has 0 radical (unpaired) electrons. The largest absolute Gasteiger partial charge is 0.299 e. The third kappa shape index (κ3) is 1.69. The van der Waals surface area contributed by atoms with Crippen LogP contribution in [0.5, 0.6) is 0 Å². The molecule has 0 amide bonds. The number of rotatable bonds is 4. The van der Waals surface area contributed by atoms with Gasteiger partial charge in [0.15, 0.2) is 0 Å². The molecule has 2 unspecified atom stereocenters. The highest BCUT2D eigenvalue weighted by atomic mass is 16.1. The van der Waals surface area contributed by atoms with Gasteiger partial charge in [0.05, 0.1) is 0 Å². The predicted octanol–water partition coefficient (Wildman–Crippen LogP) is 4.60. The normalized spacial score (nSPS) is 40.1.